The van der Waals surface area contributed by atoms with E-state index in [0.717, 1.165) is 56.9 Å². The molecule has 4 atom stereocenters. The third-order valence-corrected chi connectivity index (χ3v) is 10.9. The number of nitrogens with two attached hydrogens (primary N) is 1. The molecule has 1 saturated carbocycles. The van der Waals surface area contributed by atoms with E-state index in [9.17, 15) is 24.0 Å². The highest BCUT2D eigenvalue weighted by molar-refractivity contribution is 6.01. The second-order valence-electron chi connectivity index (χ2n) is 15.0. The molecule has 3 heterocycles. The minimum Gasteiger partial charge on any atom is -0.445 e. The largest absolute Gasteiger partial charge is 0.445 e. The number of ether oxygens (including phenoxy) is 2. The molecule has 296 valence electrons. The second kappa shape index (κ2) is 19.6. The molecule has 14 heteroatoms. The number of carbonyl (C=O) groups excluding carboxylic acids is 5. The quantitative estimate of drug-likeness (QED) is 0.132. The van der Waals surface area contributed by atoms with E-state index in [0.29, 0.717) is 50.0 Å². The Morgan fingerprint density at radius 1 is 0.873 bits per heavy atom. The molecule has 2 aliphatic heterocycles. The molecule has 14 nitrogen and oxygen atoms in total. The van der Waals surface area contributed by atoms with Crippen LogP contribution < -0.4 is 16.4 Å². The van der Waals surface area contributed by atoms with Crippen LogP contribution in [0.1, 0.15) is 99.7 Å². The monoisotopic (exact) mass is 758 g/mol. The van der Waals surface area contributed by atoms with E-state index >= 15 is 0 Å². The van der Waals surface area contributed by atoms with Crippen LogP contribution in [0.2, 0.25) is 0 Å². The normalized spacial score (nSPS) is 20.1. The van der Waals surface area contributed by atoms with Crippen molar-refractivity contribution in [1.82, 2.24) is 25.4 Å². The van der Waals surface area contributed by atoms with Crippen LogP contribution in [0.3, 0.4) is 0 Å². The van der Waals surface area contributed by atoms with Crippen molar-refractivity contribution >= 4 is 40.9 Å². The van der Waals surface area contributed by atoms with Crippen LogP contribution in [-0.4, -0.2) is 95.0 Å². The van der Waals surface area contributed by atoms with Gasteiger partial charge in [-0.15, -0.1) is 0 Å². The minimum absolute atomic E-state index is 0.0261. The van der Waals surface area contributed by atoms with Gasteiger partial charge >= 0.3 is 12.2 Å². The molecule has 3 aromatic rings. The van der Waals surface area contributed by atoms with Gasteiger partial charge in [-0.3, -0.25) is 14.4 Å². The summed E-state index contributed by atoms with van der Waals surface area (Å²) in [5, 5.41) is 5.71. The Bertz CT molecular complexity index is 1720. The van der Waals surface area contributed by atoms with E-state index in [4.69, 9.17) is 19.6 Å². The first-order chi connectivity index (χ1) is 26.8. The van der Waals surface area contributed by atoms with Crippen molar-refractivity contribution < 1.29 is 37.9 Å². The molecule has 0 radical (unpaired) electrons. The third kappa shape index (κ3) is 10.8. The molecular formula is C41H54N6O8. The smallest absolute Gasteiger partial charge is 0.410 e. The van der Waals surface area contributed by atoms with E-state index in [1.54, 1.807) is 29.2 Å². The minimum atomic E-state index is -1.09. The summed E-state index contributed by atoms with van der Waals surface area (Å²) in [7, 11) is 0. The van der Waals surface area contributed by atoms with Crippen molar-refractivity contribution in [1.29, 1.82) is 0 Å². The van der Waals surface area contributed by atoms with Gasteiger partial charge in [0.1, 0.15) is 30.3 Å². The lowest BCUT2D eigenvalue weighted by Gasteiger charge is -2.32. The molecule has 1 aromatic heterocycles. The molecule has 2 aromatic carbocycles. The number of benzene rings is 2. The van der Waals surface area contributed by atoms with Gasteiger partial charge < -0.3 is 40.1 Å². The summed E-state index contributed by atoms with van der Waals surface area (Å²) < 4.78 is 17.2. The molecule has 3 fully saturated rings. The number of hydrogen-bond acceptors (Lipinski definition) is 10. The fraction of sp³-hybridized carbons (Fsp3) is 0.561. The number of oxazole rings is 1. The van der Waals surface area contributed by atoms with Crippen LogP contribution >= 0.6 is 0 Å². The van der Waals surface area contributed by atoms with Gasteiger partial charge in [-0.1, -0.05) is 74.6 Å². The van der Waals surface area contributed by atoms with Gasteiger partial charge in [-0.25, -0.2) is 14.6 Å². The zero-order valence-corrected chi connectivity index (χ0v) is 31.5. The number of para-hydroxylation sites is 2. The fourth-order valence-electron chi connectivity index (χ4n) is 7.91. The summed E-state index contributed by atoms with van der Waals surface area (Å²) in [6.07, 6.45) is 7.68. The zero-order valence-electron chi connectivity index (χ0n) is 31.5. The molecule has 0 spiro atoms. The Morgan fingerprint density at radius 2 is 1.60 bits per heavy atom. The fourth-order valence-corrected chi connectivity index (χ4v) is 7.91. The van der Waals surface area contributed by atoms with Gasteiger partial charge in [-0.05, 0) is 75.1 Å². The Kier molecular flexibility index (Phi) is 14.1. The number of amides is 4. The van der Waals surface area contributed by atoms with Crippen molar-refractivity contribution in [3.63, 3.8) is 0 Å². The number of fused-ring (bicyclic) bond motifs is 1. The highest BCUT2D eigenvalue weighted by atomic mass is 16.6. The number of hydrogen-bond donors (Lipinski definition) is 3. The number of ketones is 1. The summed E-state index contributed by atoms with van der Waals surface area (Å²) in [6, 6.07) is 13.2. The number of carbonyl (C=O) groups is 5. The maximum atomic E-state index is 14.6. The van der Waals surface area contributed by atoms with E-state index in [1.807, 2.05) is 30.3 Å². The zero-order chi connectivity index (χ0) is 38.6. The average Bonchev–Trinajstić information content (AvgIpc) is 3.85. The first kappa shape index (κ1) is 39.7. The highest BCUT2D eigenvalue weighted by Gasteiger charge is 2.45. The maximum absolute atomic E-state index is 14.6. The number of alkyl carbamates (subject to hydrolysis) is 1. The SMILES string of the molecule is NCCCC[C@H](NC(=O)[C@@H]1C[C@@H](OC(=O)N2CCCCC2)CN1C(=O)[C@@H](CC1CCCCC1)NC(=O)OCc1ccccc1)C(=O)c1nc2ccccc2o1. The van der Waals surface area contributed by atoms with Crippen molar-refractivity contribution in [3.8, 4) is 0 Å². The van der Waals surface area contributed by atoms with Gasteiger partial charge in [-0.2, -0.15) is 0 Å². The maximum Gasteiger partial charge on any atom is 0.410 e. The summed E-state index contributed by atoms with van der Waals surface area (Å²) in [4.78, 5) is 76.7. The molecule has 2 saturated heterocycles. The predicted molar refractivity (Wildman–Crippen MR) is 204 cm³/mol. The highest BCUT2D eigenvalue weighted by Crippen LogP contribution is 2.30. The van der Waals surface area contributed by atoms with Gasteiger partial charge in [0.25, 0.3) is 5.89 Å². The lowest BCUT2D eigenvalue weighted by atomic mass is 9.84. The summed E-state index contributed by atoms with van der Waals surface area (Å²) in [5.41, 5.74) is 7.53. The lowest BCUT2D eigenvalue weighted by molar-refractivity contribution is -0.140. The van der Waals surface area contributed by atoms with Crippen LogP contribution in [0.4, 0.5) is 9.59 Å². The average molecular weight is 759 g/mol. The Hall–Kier alpha value is -4.98. The number of piperidine rings is 1. The Balaban J connectivity index is 1.23. The van der Waals surface area contributed by atoms with Crippen LogP contribution in [-0.2, 0) is 25.7 Å². The van der Waals surface area contributed by atoms with Crippen molar-refractivity contribution in [2.45, 2.75) is 114 Å². The van der Waals surface area contributed by atoms with Crippen molar-refractivity contribution in [3.05, 3.63) is 66.1 Å². The topological polar surface area (TPSA) is 186 Å². The molecule has 0 bridgehead atoms. The molecular weight excluding hydrogens is 704 g/mol. The summed E-state index contributed by atoms with van der Waals surface area (Å²) in [5.74, 6) is -1.47. The molecule has 3 aliphatic rings. The number of nitrogens with one attached hydrogen (secondary N) is 2. The first-order valence-electron chi connectivity index (χ1n) is 19.9. The number of aromatic nitrogens is 1. The third-order valence-electron chi connectivity index (χ3n) is 10.9. The number of rotatable bonds is 15. The summed E-state index contributed by atoms with van der Waals surface area (Å²) >= 11 is 0. The molecule has 4 N–H and O–H groups in total. The van der Waals surface area contributed by atoms with Crippen LogP contribution in [0.5, 0.6) is 0 Å². The Labute approximate surface area is 321 Å². The second-order valence-corrected chi connectivity index (χ2v) is 15.0. The predicted octanol–water partition coefficient (Wildman–Crippen LogP) is 5.48. The molecule has 1 aliphatic carbocycles. The van der Waals surface area contributed by atoms with E-state index < -0.39 is 54.0 Å². The van der Waals surface area contributed by atoms with Gasteiger partial charge in [0.2, 0.25) is 17.6 Å². The van der Waals surface area contributed by atoms with E-state index in [-0.39, 0.29) is 37.8 Å². The van der Waals surface area contributed by atoms with E-state index in [2.05, 4.69) is 15.6 Å². The van der Waals surface area contributed by atoms with Crippen LogP contribution in [0.25, 0.3) is 11.1 Å². The van der Waals surface area contributed by atoms with Gasteiger partial charge in [0, 0.05) is 19.5 Å². The number of Topliss-reactive ketones (excluding diaryl/α,β-unsaturated/α-hetero) is 1. The van der Waals surface area contributed by atoms with Gasteiger partial charge in [0.15, 0.2) is 5.58 Å². The number of unbranched alkanes of at least 4 members (excludes halogenated alkanes) is 1. The standard InChI is InChI=1S/C41H54N6O8/c42-21-11-10-19-32(36(48)38-44-31-18-8-9-20-35(31)55-38)43-37(49)34-25-30(54-41(52)46-22-12-3-13-23-46)26-47(34)39(50)33(24-28-14-4-1-5-15-28)45-40(51)53-27-29-16-6-2-7-17-29/h2,6-9,16-18,20,28,30,32-34H,1,3-5,10-15,19,21-27,42H2,(H,43,49)(H,45,51)/t30-,32+,33-,34+/m1/s1. The first-order valence-corrected chi connectivity index (χ1v) is 19.9. The molecule has 4 amide bonds. The molecule has 0 unspecified atom stereocenters. The lowest BCUT2D eigenvalue weighted by Crippen LogP contribution is -2.55. The summed E-state index contributed by atoms with van der Waals surface area (Å²) in [6.45, 7) is 1.56. The van der Waals surface area contributed by atoms with Crippen LogP contribution in [0.15, 0.2) is 59.0 Å². The van der Waals surface area contributed by atoms with Crippen molar-refractivity contribution in [2.24, 2.45) is 11.7 Å². The molecule has 55 heavy (non-hydrogen) atoms. The number of nitrogens with zero attached hydrogens (tertiary/aromatic N) is 3. The van der Waals surface area contributed by atoms with Gasteiger partial charge in [0.05, 0.1) is 12.6 Å². The number of likely N-dealkylation sites (tertiary alicyclic amines) is 2. The van der Waals surface area contributed by atoms with E-state index in [1.165, 1.54) is 4.90 Å². The van der Waals surface area contributed by atoms with Crippen molar-refractivity contribution in [2.75, 3.05) is 26.2 Å². The Morgan fingerprint density at radius 3 is 2.35 bits per heavy atom. The molecule has 6 rings (SSSR count). The van der Waals surface area contributed by atoms with Crippen LogP contribution in [0, 0.1) is 5.92 Å².